The number of hydrogen-bond acceptors (Lipinski definition) is 6. The number of aliphatic imine (C=N–C) groups is 1. The van der Waals surface area contributed by atoms with E-state index in [1.807, 2.05) is 6.92 Å². The quantitative estimate of drug-likeness (QED) is 0.764. The Labute approximate surface area is 135 Å². The van der Waals surface area contributed by atoms with Gasteiger partial charge in [-0.05, 0) is 32.4 Å². The van der Waals surface area contributed by atoms with Gasteiger partial charge < -0.3 is 9.47 Å². The molecule has 0 N–H and O–H groups in total. The summed E-state index contributed by atoms with van der Waals surface area (Å²) in [5.74, 6) is -0.751. The molecule has 0 saturated heterocycles. The lowest BCUT2D eigenvalue weighted by Gasteiger charge is -2.17. The molecular formula is C16H19NO5S. The van der Waals surface area contributed by atoms with Gasteiger partial charge in [-0.2, -0.15) is 0 Å². The summed E-state index contributed by atoms with van der Waals surface area (Å²) in [5, 5.41) is -1.00. The highest BCUT2D eigenvalue weighted by Gasteiger charge is 2.56. The highest BCUT2D eigenvalue weighted by molar-refractivity contribution is 7.92. The van der Waals surface area contributed by atoms with Gasteiger partial charge in [-0.25, -0.2) is 13.4 Å². The third-order valence-electron chi connectivity index (χ3n) is 4.23. The van der Waals surface area contributed by atoms with Gasteiger partial charge in [0.15, 0.2) is 11.8 Å². The van der Waals surface area contributed by atoms with Crippen molar-refractivity contribution in [3.05, 3.63) is 29.8 Å². The fourth-order valence-electron chi connectivity index (χ4n) is 2.85. The van der Waals surface area contributed by atoms with Gasteiger partial charge >= 0.3 is 5.97 Å². The van der Waals surface area contributed by atoms with Crippen LogP contribution in [0.3, 0.4) is 0 Å². The number of carbonyl (C=O) groups excluding carboxylic acids is 1. The van der Waals surface area contributed by atoms with Crippen LogP contribution in [-0.2, 0) is 24.1 Å². The first-order valence-corrected chi connectivity index (χ1v) is 9.14. The molecule has 2 aliphatic rings. The van der Waals surface area contributed by atoms with E-state index >= 15 is 0 Å². The number of rotatable bonds is 5. The van der Waals surface area contributed by atoms with Crippen LogP contribution in [0.15, 0.2) is 34.2 Å². The van der Waals surface area contributed by atoms with Gasteiger partial charge in [0.25, 0.3) is 0 Å². The zero-order chi connectivity index (χ0) is 16.6. The van der Waals surface area contributed by atoms with Crippen molar-refractivity contribution in [3.8, 4) is 0 Å². The standard InChI is InChI=1S/C16H19NO5S/c1-3-21-16(18)13-8-12(13)14-15(17-9-22-14)23(19,20)11-6-4-10(2)5-7-11/h4-7,9,12-15H,3,8H2,1-2H3/t12-,13-,14?,15?/m1/s1. The largest absolute Gasteiger partial charge is 0.477 e. The van der Waals surface area contributed by atoms with E-state index < -0.39 is 21.3 Å². The van der Waals surface area contributed by atoms with Gasteiger partial charge in [-0.15, -0.1) is 0 Å². The molecule has 2 unspecified atom stereocenters. The number of benzene rings is 1. The maximum Gasteiger partial charge on any atom is 0.309 e. The average molecular weight is 337 g/mol. The molecule has 0 radical (unpaired) electrons. The van der Waals surface area contributed by atoms with E-state index in [0.29, 0.717) is 13.0 Å². The SMILES string of the molecule is CCOC(=O)[C@@H]1C[C@H]1C1OC=NC1S(=O)(=O)c1ccc(C)cc1. The Balaban J connectivity index is 1.78. The molecule has 3 rings (SSSR count). The summed E-state index contributed by atoms with van der Waals surface area (Å²) in [6.45, 7) is 3.95. The Morgan fingerprint density at radius 1 is 1.35 bits per heavy atom. The summed E-state index contributed by atoms with van der Waals surface area (Å²) < 4.78 is 36.0. The van der Waals surface area contributed by atoms with Crippen LogP contribution in [0.2, 0.25) is 0 Å². The van der Waals surface area contributed by atoms with Crippen molar-refractivity contribution in [2.45, 2.75) is 36.6 Å². The van der Waals surface area contributed by atoms with Crippen molar-refractivity contribution in [2.75, 3.05) is 6.61 Å². The van der Waals surface area contributed by atoms with Crippen LogP contribution in [0.4, 0.5) is 0 Å². The molecule has 0 amide bonds. The summed E-state index contributed by atoms with van der Waals surface area (Å²) in [6.07, 6.45) is 1.13. The normalized spacial score (nSPS) is 29.1. The predicted molar refractivity (Wildman–Crippen MR) is 83.7 cm³/mol. The highest BCUT2D eigenvalue weighted by atomic mass is 32.2. The Morgan fingerprint density at radius 3 is 2.70 bits per heavy atom. The molecule has 0 spiro atoms. The van der Waals surface area contributed by atoms with Crippen molar-refractivity contribution >= 4 is 22.2 Å². The third kappa shape index (κ3) is 2.97. The van der Waals surface area contributed by atoms with Crippen molar-refractivity contribution in [2.24, 2.45) is 16.8 Å². The minimum Gasteiger partial charge on any atom is -0.477 e. The molecule has 1 aliphatic heterocycles. The van der Waals surface area contributed by atoms with Crippen LogP contribution in [0.1, 0.15) is 18.9 Å². The zero-order valence-electron chi connectivity index (χ0n) is 13.0. The first kappa shape index (κ1) is 16.0. The molecule has 7 heteroatoms. The molecule has 1 heterocycles. The molecule has 6 nitrogen and oxygen atoms in total. The summed E-state index contributed by atoms with van der Waals surface area (Å²) in [5.41, 5.74) is 0.983. The molecule has 23 heavy (non-hydrogen) atoms. The van der Waals surface area contributed by atoms with Gasteiger partial charge in [0.2, 0.25) is 9.84 Å². The minimum absolute atomic E-state index is 0.165. The zero-order valence-corrected chi connectivity index (χ0v) is 13.8. The van der Waals surface area contributed by atoms with Crippen molar-refractivity contribution in [3.63, 3.8) is 0 Å². The Kier molecular flexibility index (Phi) is 4.14. The molecule has 0 bridgehead atoms. The average Bonchev–Trinajstić information content (AvgIpc) is 3.16. The van der Waals surface area contributed by atoms with Crippen LogP contribution < -0.4 is 0 Å². The van der Waals surface area contributed by atoms with E-state index in [0.717, 1.165) is 5.56 Å². The lowest BCUT2D eigenvalue weighted by atomic mass is 10.2. The van der Waals surface area contributed by atoms with Gasteiger partial charge in [0.1, 0.15) is 6.10 Å². The number of esters is 1. The van der Waals surface area contributed by atoms with Crippen molar-refractivity contribution < 1.29 is 22.7 Å². The molecule has 1 aromatic rings. The van der Waals surface area contributed by atoms with Gasteiger partial charge in [0, 0.05) is 5.92 Å². The van der Waals surface area contributed by atoms with E-state index in [4.69, 9.17) is 9.47 Å². The summed E-state index contributed by atoms with van der Waals surface area (Å²) in [6, 6.07) is 6.65. The summed E-state index contributed by atoms with van der Waals surface area (Å²) in [4.78, 5) is 16.0. The maximum absolute atomic E-state index is 12.8. The maximum atomic E-state index is 12.8. The molecule has 4 atom stereocenters. The molecule has 0 aromatic heterocycles. The van der Waals surface area contributed by atoms with E-state index in [9.17, 15) is 13.2 Å². The Bertz CT molecular complexity index is 725. The van der Waals surface area contributed by atoms with E-state index in [-0.39, 0.29) is 22.7 Å². The molecule has 1 fully saturated rings. The van der Waals surface area contributed by atoms with Gasteiger partial charge in [-0.3, -0.25) is 4.79 Å². The van der Waals surface area contributed by atoms with Crippen LogP contribution in [0.25, 0.3) is 0 Å². The lowest BCUT2D eigenvalue weighted by molar-refractivity contribution is -0.145. The minimum atomic E-state index is -3.65. The second-order valence-electron chi connectivity index (χ2n) is 5.86. The topological polar surface area (TPSA) is 82.0 Å². The van der Waals surface area contributed by atoms with E-state index in [1.165, 1.54) is 6.40 Å². The fourth-order valence-corrected chi connectivity index (χ4v) is 4.48. The third-order valence-corrected chi connectivity index (χ3v) is 6.18. The number of ether oxygens (including phenoxy) is 2. The Morgan fingerprint density at radius 2 is 2.04 bits per heavy atom. The number of aryl methyl sites for hydroxylation is 1. The van der Waals surface area contributed by atoms with Crippen LogP contribution >= 0.6 is 0 Å². The van der Waals surface area contributed by atoms with E-state index in [1.54, 1.807) is 31.2 Å². The smallest absolute Gasteiger partial charge is 0.309 e. The van der Waals surface area contributed by atoms with Gasteiger partial charge in [0.05, 0.1) is 17.4 Å². The molecular weight excluding hydrogens is 318 g/mol. The van der Waals surface area contributed by atoms with Gasteiger partial charge in [-0.1, -0.05) is 17.7 Å². The molecule has 1 saturated carbocycles. The molecule has 1 aliphatic carbocycles. The Hall–Kier alpha value is -1.89. The summed E-state index contributed by atoms with van der Waals surface area (Å²) >= 11 is 0. The fraction of sp³-hybridized carbons (Fsp3) is 0.500. The second kappa shape index (κ2) is 5.96. The number of nitrogens with zero attached hydrogens (tertiary/aromatic N) is 1. The number of hydrogen-bond donors (Lipinski definition) is 0. The summed E-state index contributed by atoms with van der Waals surface area (Å²) in [7, 11) is -3.65. The van der Waals surface area contributed by atoms with Crippen molar-refractivity contribution in [1.82, 2.24) is 0 Å². The first-order chi connectivity index (χ1) is 10.9. The first-order valence-electron chi connectivity index (χ1n) is 7.59. The molecule has 1 aromatic carbocycles. The number of sulfone groups is 1. The second-order valence-corrected chi connectivity index (χ2v) is 7.91. The van der Waals surface area contributed by atoms with E-state index in [2.05, 4.69) is 4.99 Å². The van der Waals surface area contributed by atoms with Crippen LogP contribution in [0, 0.1) is 18.8 Å². The van der Waals surface area contributed by atoms with Crippen LogP contribution in [0.5, 0.6) is 0 Å². The highest BCUT2D eigenvalue weighted by Crippen LogP contribution is 2.47. The number of carbonyl (C=O) groups is 1. The predicted octanol–water partition coefficient (Wildman–Crippen LogP) is 1.72. The van der Waals surface area contributed by atoms with Crippen LogP contribution in [-0.4, -0.2) is 38.9 Å². The molecule has 124 valence electrons. The lowest BCUT2D eigenvalue weighted by Crippen LogP contribution is -2.33. The van der Waals surface area contributed by atoms with Crippen molar-refractivity contribution in [1.29, 1.82) is 0 Å². The monoisotopic (exact) mass is 337 g/mol.